The van der Waals surface area contributed by atoms with E-state index in [1.165, 1.54) is 6.42 Å². The Morgan fingerprint density at radius 2 is 2.25 bits per heavy atom. The first-order chi connectivity index (χ1) is 5.74. The van der Waals surface area contributed by atoms with Crippen molar-refractivity contribution in [3.8, 4) is 0 Å². The quantitative estimate of drug-likeness (QED) is 0.592. The van der Waals surface area contributed by atoms with Gasteiger partial charge >= 0.3 is 0 Å². The maximum atomic E-state index is 11.7. The molecule has 3 nitrogen and oxygen atoms in total. The lowest BCUT2D eigenvalue weighted by Crippen LogP contribution is -2.62. The number of rotatable bonds is 1. The Morgan fingerprint density at radius 1 is 1.50 bits per heavy atom. The molecule has 0 aromatic carbocycles. The summed E-state index contributed by atoms with van der Waals surface area (Å²) in [7, 11) is 3.95. The van der Waals surface area contributed by atoms with Crippen LogP contribution in [0.25, 0.3) is 0 Å². The summed E-state index contributed by atoms with van der Waals surface area (Å²) in [5, 5.41) is 3.13. The smallest absolute Gasteiger partial charge is 0.167 e. The van der Waals surface area contributed by atoms with Crippen LogP contribution in [0.3, 0.4) is 0 Å². The zero-order chi connectivity index (χ0) is 8.72. The average molecular weight is 168 g/mol. The minimum atomic E-state index is 0.139. The Bertz CT molecular complexity index is 201. The van der Waals surface area contributed by atoms with E-state index >= 15 is 0 Å². The highest BCUT2D eigenvalue weighted by atomic mass is 16.1. The van der Waals surface area contributed by atoms with Crippen LogP contribution in [0, 0.1) is 5.92 Å². The van der Waals surface area contributed by atoms with Crippen LogP contribution in [0.4, 0.5) is 0 Å². The molecule has 3 rings (SSSR count). The molecule has 3 unspecified atom stereocenters. The number of nitrogens with zero attached hydrogens (tertiary/aromatic N) is 1. The fourth-order valence-corrected chi connectivity index (χ4v) is 2.63. The van der Waals surface area contributed by atoms with E-state index in [9.17, 15) is 4.79 Å². The van der Waals surface area contributed by atoms with Gasteiger partial charge < -0.3 is 5.32 Å². The highest BCUT2D eigenvalue weighted by Crippen LogP contribution is 2.31. The molecule has 1 aliphatic carbocycles. The standard InChI is InChI=1S/C9H16N2O/c1-10-8-6-3-4-7(9(8)12)11(2)5-6/h6-8,10H,3-5H2,1-2H3. The lowest BCUT2D eigenvalue weighted by atomic mass is 9.75. The first-order valence-electron chi connectivity index (χ1n) is 4.65. The number of piperidine rings is 2. The summed E-state index contributed by atoms with van der Waals surface area (Å²) in [5.41, 5.74) is 0. The van der Waals surface area contributed by atoms with Crippen LogP contribution in [-0.4, -0.2) is 43.4 Å². The Balaban J connectivity index is 2.19. The molecule has 2 heterocycles. The lowest BCUT2D eigenvalue weighted by Gasteiger charge is -2.46. The third kappa shape index (κ3) is 1.00. The molecule has 1 N–H and O–H groups in total. The molecule has 12 heavy (non-hydrogen) atoms. The van der Waals surface area contributed by atoms with Crippen LogP contribution >= 0.6 is 0 Å². The minimum absolute atomic E-state index is 0.139. The molecule has 68 valence electrons. The van der Waals surface area contributed by atoms with E-state index in [-0.39, 0.29) is 12.1 Å². The molecule has 2 bridgehead atoms. The summed E-state index contributed by atoms with van der Waals surface area (Å²) < 4.78 is 0. The van der Waals surface area contributed by atoms with E-state index in [1.807, 2.05) is 7.05 Å². The van der Waals surface area contributed by atoms with Gasteiger partial charge in [-0.25, -0.2) is 0 Å². The van der Waals surface area contributed by atoms with Crippen molar-refractivity contribution in [1.29, 1.82) is 0 Å². The minimum Gasteiger partial charge on any atom is -0.310 e. The number of carbonyl (C=O) groups excluding carboxylic acids is 1. The molecule has 0 aromatic heterocycles. The fraction of sp³-hybridized carbons (Fsp3) is 0.889. The number of hydrogen-bond acceptors (Lipinski definition) is 3. The molecular formula is C9H16N2O. The number of fused-ring (bicyclic) bond motifs is 3. The average Bonchev–Trinajstić information content (AvgIpc) is 2.05. The zero-order valence-corrected chi connectivity index (χ0v) is 7.71. The fourth-order valence-electron chi connectivity index (χ4n) is 2.63. The third-order valence-corrected chi connectivity index (χ3v) is 3.28. The summed E-state index contributed by atoms with van der Waals surface area (Å²) in [6.07, 6.45) is 2.28. The summed E-state index contributed by atoms with van der Waals surface area (Å²) in [4.78, 5) is 13.9. The van der Waals surface area contributed by atoms with Gasteiger partial charge in [-0.3, -0.25) is 9.69 Å². The third-order valence-electron chi connectivity index (χ3n) is 3.28. The predicted octanol–water partition coefficient (Wildman–Crippen LogP) is -0.132. The molecule has 3 aliphatic rings. The van der Waals surface area contributed by atoms with Gasteiger partial charge in [0, 0.05) is 6.54 Å². The van der Waals surface area contributed by atoms with Crippen molar-refractivity contribution in [3.05, 3.63) is 0 Å². The van der Waals surface area contributed by atoms with Crippen molar-refractivity contribution >= 4 is 5.78 Å². The van der Waals surface area contributed by atoms with E-state index in [2.05, 4.69) is 17.3 Å². The molecule has 2 saturated heterocycles. The summed E-state index contributed by atoms with van der Waals surface area (Å²) in [5.74, 6) is 0.958. The van der Waals surface area contributed by atoms with E-state index in [0.717, 1.165) is 13.0 Å². The van der Waals surface area contributed by atoms with E-state index in [4.69, 9.17) is 0 Å². The van der Waals surface area contributed by atoms with Crippen molar-refractivity contribution in [1.82, 2.24) is 10.2 Å². The largest absolute Gasteiger partial charge is 0.310 e. The molecule has 0 radical (unpaired) electrons. The number of Topliss-reactive ketones (excluding diaryl/α,β-unsaturated/α-hetero) is 1. The topological polar surface area (TPSA) is 32.3 Å². The van der Waals surface area contributed by atoms with E-state index < -0.39 is 0 Å². The van der Waals surface area contributed by atoms with Gasteiger partial charge in [-0.1, -0.05) is 0 Å². The van der Waals surface area contributed by atoms with Crippen molar-refractivity contribution < 1.29 is 4.79 Å². The molecule has 3 atom stereocenters. The monoisotopic (exact) mass is 168 g/mol. The number of ketones is 1. The van der Waals surface area contributed by atoms with Gasteiger partial charge in [0.1, 0.15) is 0 Å². The van der Waals surface area contributed by atoms with E-state index in [0.29, 0.717) is 11.7 Å². The second-order valence-corrected chi connectivity index (χ2v) is 3.96. The van der Waals surface area contributed by atoms with Crippen molar-refractivity contribution in [2.24, 2.45) is 5.92 Å². The van der Waals surface area contributed by atoms with Crippen LogP contribution in [0.2, 0.25) is 0 Å². The van der Waals surface area contributed by atoms with E-state index in [1.54, 1.807) is 0 Å². The normalized spacial score (nSPS) is 42.2. The van der Waals surface area contributed by atoms with Crippen LogP contribution < -0.4 is 5.32 Å². The Hall–Kier alpha value is -0.410. The number of likely N-dealkylation sites (N-methyl/N-ethyl adjacent to an activating group) is 2. The van der Waals surface area contributed by atoms with Crippen molar-refractivity contribution in [3.63, 3.8) is 0 Å². The van der Waals surface area contributed by atoms with Gasteiger partial charge in [-0.2, -0.15) is 0 Å². The van der Waals surface area contributed by atoms with Gasteiger partial charge in [0.2, 0.25) is 0 Å². The van der Waals surface area contributed by atoms with Gasteiger partial charge in [0.15, 0.2) is 5.78 Å². The molecule has 2 aliphatic heterocycles. The van der Waals surface area contributed by atoms with Crippen LogP contribution in [0.15, 0.2) is 0 Å². The zero-order valence-electron chi connectivity index (χ0n) is 7.71. The van der Waals surface area contributed by atoms with Crippen LogP contribution in [-0.2, 0) is 4.79 Å². The van der Waals surface area contributed by atoms with Gasteiger partial charge in [0.05, 0.1) is 12.1 Å². The Kier molecular flexibility index (Phi) is 1.93. The first kappa shape index (κ1) is 8.20. The van der Waals surface area contributed by atoms with Crippen LogP contribution in [0.5, 0.6) is 0 Å². The molecule has 0 aromatic rings. The van der Waals surface area contributed by atoms with Crippen molar-refractivity contribution in [2.75, 3.05) is 20.6 Å². The Labute approximate surface area is 73.1 Å². The molecule has 1 saturated carbocycles. The maximum Gasteiger partial charge on any atom is 0.167 e. The highest BCUT2D eigenvalue weighted by Gasteiger charge is 2.44. The highest BCUT2D eigenvalue weighted by molar-refractivity contribution is 5.91. The summed E-state index contributed by atoms with van der Waals surface area (Å²) in [6, 6.07) is 0.340. The van der Waals surface area contributed by atoms with Crippen LogP contribution in [0.1, 0.15) is 12.8 Å². The molecule has 3 fully saturated rings. The summed E-state index contributed by atoms with van der Waals surface area (Å²) >= 11 is 0. The number of carbonyl (C=O) groups is 1. The number of nitrogens with one attached hydrogen (secondary N) is 1. The summed E-state index contributed by atoms with van der Waals surface area (Å²) in [6.45, 7) is 1.09. The Morgan fingerprint density at radius 3 is 2.75 bits per heavy atom. The predicted molar refractivity (Wildman–Crippen MR) is 47.0 cm³/mol. The molecule has 0 amide bonds. The molecular weight excluding hydrogens is 152 g/mol. The second-order valence-electron chi connectivity index (χ2n) is 3.96. The SMILES string of the molecule is CNC1C(=O)C2CCC1CN2C. The maximum absolute atomic E-state index is 11.7. The second kappa shape index (κ2) is 2.82. The first-order valence-corrected chi connectivity index (χ1v) is 4.65. The molecule has 0 spiro atoms. The van der Waals surface area contributed by atoms with Gasteiger partial charge in [0.25, 0.3) is 0 Å². The van der Waals surface area contributed by atoms with Gasteiger partial charge in [-0.15, -0.1) is 0 Å². The number of hydrogen-bond donors (Lipinski definition) is 1. The lowest BCUT2D eigenvalue weighted by molar-refractivity contribution is -0.135. The van der Waals surface area contributed by atoms with Crippen molar-refractivity contribution in [2.45, 2.75) is 24.9 Å². The molecule has 3 heteroatoms. The van der Waals surface area contributed by atoms with Gasteiger partial charge in [-0.05, 0) is 32.9 Å².